The van der Waals surface area contributed by atoms with Crippen molar-refractivity contribution in [3.63, 3.8) is 0 Å². The molecule has 0 N–H and O–H groups in total. The molecule has 0 aromatic rings. The molecule has 0 fully saturated rings. The summed E-state index contributed by atoms with van der Waals surface area (Å²) in [5.41, 5.74) is 1.10. The van der Waals surface area contributed by atoms with E-state index in [1.807, 2.05) is 6.92 Å². The van der Waals surface area contributed by atoms with Crippen LogP contribution in [0.5, 0.6) is 0 Å². The topological polar surface area (TPSA) is 29.4 Å². The largest absolute Gasteiger partial charge is 0.145 e. The van der Waals surface area contributed by atoms with Gasteiger partial charge in [-0.3, -0.25) is 0 Å². The van der Waals surface area contributed by atoms with Gasteiger partial charge in [-0.05, 0) is 36.8 Å². The summed E-state index contributed by atoms with van der Waals surface area (Å²) in [5, 5.41) is 2.79. The van der Waals surface area contributed by atoms with E-state index < -0.39 is 0 Å². The smallest absolute Gasteiger partial charge is 0.0704 e. The molecule has 0 aliphatic heterocycles. The van der Waals surface area contributed by atoms with Crippen molar-refractivity contribution in [3.8, 4) is 0 Å². The fourth-order valence-corrected chi connectivity index (χ4v) is 1.65. The maximum absolute atomic E-state index is 9.98. The number of hydrogen-bond acceptors (Lipinski definition) is 2. The van der Waals surface area contributed by atoms with Crippen LogP contribution in [0, 0.1) is 16.7 Å². The molecule has 0 aromatic carbocycles. The zero-order valence-electron chi connectivity index (χ0n) is 10.6. The molecule has 0 bridgehead atoms. The Morgan fingerprint density at radius 3 is 2.40 bits per heavy atom. The second-order valence-electron chi connectivity index (χ2n) is 5.05. The molecule has 0 heterocycles. The Labute approximate surface area is 94.1 Å². The van der Waals surface area contributed by atoms with Crippen molar-refractivity contribution < 1.29 is 0 Å². The van der Waals surface area contributed by atoms with Crippen molar-refractivity contribution in [2.45, 2.75) is 59.8 Å². The third-order valence-electron chi connectivity index (χ3n) is 2.78. The highest BCUT2D eigenvalue weighted by Crippen LogP contribution is 2.18. The summed E-state index contributed by atoms with van der Waals surface area (Å²) in [6, 6.07) is 0. The van der Waals surface area contributed by atoms with Crippen LogP contribution in [0.4, 0.5) is 0 Å². The lowest BCUT2D eigenvalue weighted by Gasteiger charge is -2.11. The van der Waals surface area contributed by atoms with Crippen molar-refractivity contribution >= 4 is 0 Å². The first-order valence-corrected chi connectivity index (χ1v) is 6.04. The minimum absolute atomic E-state index is 0.763. The number of nitroso groups, excluding NO2 is 1. The molecule has 15 heavy (non-hydrogen) atoms. The maximum atomic E-state index is 9.98. The predicted molar refractivity (Wildman–Crippen MR) is 66.6 cm³/mol. The first-order valence-electron chi connectivity index (χ1n) is 6.04. The number of hydrogen-bond donors (Lipinski definition) is 0. The van der Waals surface area contributed by atoms with Gasteiger partial charge in [0.1, 0.15) is 0 Å². The zero-order valence-corrected chi connectivity index (χ0v) is 10.6. The van der Waals surface area contributed by atoms with Gasteiger partial charge in [0.25, 0.3) is 0 Å². The molecule has 0 spiro atoms. The van der Waals surface area contributed by atoms with E-state index in [1.54, 1.807) is 0 Å². The molecule has 0 amide bonds. The van der Waals surface area contributed by atoms with E-state index in [1.165, 1.54) is 31.9 Å². The summed E-state index contributed by atoms with van der Waals surface area (Å²) >= 11 is 0. The summed E-state index contributed by atoms with van der Waals surface area (Å²) in [5.74, 6) is 1.58. The first-order chi connectivity index (χ1) is 7.06. The van der Waals surface area contributed by atoms with Crippen LogP contribution in [0.2, 0.25) is 0 Å². The van der Waals surface area contributed by atoms with E-state index >= 15 is 0 Å². The second-order valence-corrected chi connectivity index (χ2v) is 5.05. The summed E-state index contributed by atoms with van der Waals surface area (Å²) in [7, 11) is 0. The van der Waals surface area contributed by atoms with Crippen LogP contribution in [0.1, 0.15) is 59.8 Å². The van der Waals surface area contributed by atoms with E-state index in [4.69, 9.17) is 0 Å². The minimum atomic E-state index is 0.763. The summed E-state index contributed by atoms with van der Waals surface area (Å²) in [6.07, 6.45) is 7.58. The average Bonchev–Trinajstić information content (AvgIpc) is 2.14. The van der Waals surface area contributed by atoms with Crippen molar-refractivity contribution in [2.24, 2.45) is 17.0 Å². The van der Waals surface area contributed by atoms with Gasteiger partial charge in [0.15, 0.2) is 0 Å². The Hall–Kier alpha value is -0.660. The molecule has 0 aliphatic carbocycles. The lowest BCUT2D eigenvalue weighted by Crippen LogP contribution is -1.97. The molecular formula is C13H25NO. The molecule has 88 valence electrons. The minimum Gasteiger partial charge on any atom is -0.145 e. The van der Waals surface area contributed by atoms with E-state index in [9.17, 15) is 4.91 Å². The molecule has 0 aliphatic rings. The summed E-state index contributed by atoms with van der Waals surface area (Å²) in [6.45, 7) is 8.81. The van der Waals surface area contributed by atoms with Crippen LogP contribution < -0.4 is 0 Å². The van der Waals surface area contributed by atoms with Crippen molar-refractivity contribution in [1.29, 1.82) is 0 Å². The van der Waals surface area contributed by atoms with Gasteiger partial charge in [0.05, 0.1) is 6.20 Å². The van der Waals surface area contributed by atoms with Gasteiger partial charge in [-0.25, -0.2) is 0 Å². The molecule has 0 saturated carbocycles. The lowest BCUT2D eigenvalue weighted by molar-refractivity contribution is 0.436. The van der Waals surface area contributed by atoms with Gasteiger partial charge in [-0.15, -0.1) is 4.91 Å². The predicted octanol–water partition coefficient (Wildman–Crippen LogP) is 4.90. The quantitative estimate of drug-likeness (QED) is 0.525. The monoisotopic (exact) mass is 211 g/mol. The highest BCUT2D eigenvalue weighted by molar-refractivity contribution is 4.96. The molecule has 1 atom stereocenters. The van der Waals surface area contributed by atoms with Gasteiger partial charge in [0, 0.05) is 0 Å². The van der Waals surface area contributed by atoms with E-state index in [0.29, 0.717) is 0 Å². The van der Waals surface area contributed by atoms with Gasteiger partial charge >= 0.3 is 0 Å². The van der Waals surface area contributed by atoms with E-state index in [2.05, 4.69) is 25.9 Å². The van der Waals surface area contributed by atoms with Crippen molar-refractivity contribution in [1.82, 2.24) is 0 Å². The maximum Gasteiger partial charge on any atom is 0.0704 e. The summed E-state index contributed by atoms with van der Waals surface area (Å²) in [4.78, 5) is 9.98. The Bertz CT molecular complexity index is 197. The Morgan fingerprint density at radius 1 is 1.20 bits per heavy atom. The van der Waals surface area contributed by atoms with Crippen LogP contribution >= 0.6 is 0 Å². The van der Waals surface area contributed by atoms with E-state index in [0.717, 1.165) is 23.8 Å². The van der Waals surface area contributed by atoms with Crippen LogP contribution in [0.3, 0.4) is 0 Å². The molecule has 0 radical (unpaired) electrons. The first kappa shape index (κ1) is 14.3. The molecule has 0 saturated heterocycles. The van der Waals surface area contributed by atoms with Gasteiger partial charge in [0.2, 0.25) is 0 Å². The van der Waals surface area contributed by atoms with E-state index in [-0.39, 0.29) is 0 Å². The Morgan fingerprint density at radius 2 is 1.87 bits per heavy atom. The molecular weight excluding hydrogens is 186 g/mol. The molecule has 0 aromatic heterocycles. The van der Waals surface area contributed by atoms with Crippen LogP contribution in [0.15, 0.2) is 16.9 Å². The Balaban J connectivity index is 3.52. The fraction of sp³-hybridized carbons (Fsp3) is 0.846. The lowest BCUT2D eigenvalue weighted by atomic mass is 9.95. The van der Waals surface area contributed by atoms with Crippen LogP contribution in [-0.2, 0) is 0 Å². The van der Waals surface area contributed by atoms with Crippen LogP contribution in [0.25, 0.3) is 0 Å². The molecule has 2 nitrogen and oxygen atoms in total. The van der Waals surface area contributed by atoms with Crippen LogP contribution in [-0.4, -0.2) is 0 Å². The fourth-order valence-electron chi connectivity index (χ4n) is 1.65. The zero-order chi connectivity index (χ0) is 11.7. The Kier molecular flexibility index (Phi) is 8.25. The highest BCUT2D eigenvalue weighted by Gasteiger charge is 2.03. The van der Waals surface area contributed by atoms with Gasteiger partial charge in [-0.2, -0.15) is 0 Å². The SMILES string of the molecule is CC(=CN=O)CCC(C)CCCC(C)C. The normalized spacial score (nSPS) is 14.3. The second kappa shape index (κ2) is 8.63. The third-order valence-corrected chi connectivity index (χ3v) is 2.78. The third kappa shape index (κ3) is 9.64. The standard InChI is InChI=1S/C13H25NO/c1-11(2)6-5-7-12(3)8-9-13(4)10-14-15/h10-12H,5-9H2,1-4H3. The number of nitrogens with zero attached hydrogens (tertiary/aromatic N) is 1. The highest BCUT2D eigenvalue weighted by atomic mass is 16.2. The summed E-state index contributed by atoms with van der Waals surface area (Å²) < 4.78 is 0. The number of allylic oxidation sites excluding steroid dienone is 1. The average molecular weight is 211 g/mol. The molecule has 1 unspecified atom stereocenters. The number of rotatable bonds is 8. The molecule has 0 rings (SSSR count). The van der Waals surface area contributed by atoms with Gasteiger partial charge in [-0.1, -0.05) is 45.6 Å². The van der Waals surface area contributed by atoms with Gasteiger partial charge < -0.3 is 0 Å². The van der Waals surface area contributed by atoms with Crippen molar-refractivity contribution in [2.75, 3.05) is 0 Å². The molecule has 2 heteroatoms. The van der Waals surface area contributed by atoms with Crippen molar-refractivity contribution in [3.05, 3.63) is 16.7 Å².